The molecule has 0 radical (unpaired) electrons. The van der Waals surface area contributed by atoms with E-state index in [9.17, 15) is 14.7 Å². The van der Waals surface area contributed by atoms with Gasteiger partial charge < -0.3 is 10.2 Å². The lowest BCUT2D eigenvalue weighted by atomic mass is 9.32. The van der Waals surface area contributed by atoms with E-state index in [2.05, 4.69) is 0 Å². The van der Waals surface area contributed by atoms with Crippen molar-refractivity contribution < 1.29 is 19.8 Å². The average Bonchev–Trinajstić information content (AvgIpc) is 2.58. The smallest absolute Gasteiger partial charge is 0.302 e. The van der Waals surface area contributed by atoms with Crippen LogP contribution in [0.2, 0.25) is 17.9 Å². The minimum atomic E-state index is -0.699. The number of carbonyl (C=O) groups excluding carboxylic acids is 1. The van der Waals surface area contributed by atoms with Gasteiger partial charge in [-0.25, -0.2) is 0 Å². The van der Waals surface area contributed by atoms with Crippen LogP contribution < -0.4 is 0 Å². The molecule has 4 atom stereocenters. The van der Waals surface area contributed by atoms with E-state index in [4.69, 9.17) is 5.11 Å². The topological polar surface area (TPSA) is 74.6 Å². The molecule has 0 saturated carbocycles. The molecule has 0 bridgehead atoms. The molecule has 4 unspecified atom stereocenters. The molecule has 2 heterocycles. The number of aliphatic hydroxyl groups excluding tert-OH is 1. The van der Waals surface area contributed by atoms with Crippen molar-refractivity contribution in [3.63, 3.8) is 0 Å². The Hall–Kier alpha value is -0.770. The van der Waals surface area contributed by atoms with Crippen LogP contribution in [0.15, 0.2) is 0 Å². The van der Waals surface area contributed by atoms with Gasteiger partial charge in [-0.3, -0.25) is 9.59 Å². The van der Waals surface area contributed by atoms with E-state index in [1.54, 1.807) is 6.92 Å². The number of hydrogen-bond donors (Lipinski definition) is 2. The van der Waals surface area contributed by atoms with Gasteiger partial charge in [0.15, 0.2) is 0 Å². The molecule has 2 fully saturated rings. The molecule has 0 amide bonds. The van der Waals surface area contributed by atoms with Gasteiger partial charge >= 0.3 is 5.97 Å². The van der Waals surface area contributed by atoms with E-state index in [1.807, 2.05) is 0 Å². The molecule has 2 aliphatic rings. The van der Waals surface area contributed by atoms with Gasteiger partial charge in [0.1, 0.15) is 20.3 Å². The Morgan fingerprint density at radius 1 is 1.30 bits per heavy atom. The van der Waals surface area contributed by atoms with Crippen molar-refractivity contribution in [2.75, 3.05) is 6.61 Å². The molecule has 2 saturated heterocycles. The van der Waals surface area contributed by atoms with E-state index in [1.165, 1.54) is 0 Å². The van der Waals surface area contributed by atoms with Crippen molar-refractivity contribution in [3.05, 3.63) is 0 Å². The maximum atomic E-state index is 11.9. The van der Waals surface area contributed by atoms with E-state index in [0.29, 0.717) is 17.5 Å². The predicted molar refractivity (Wildman–Crippen MR) is 81.0 cm³/mol. The van der Waals surface area contributed by atoms with Gasteiger partial charge in [-0.2, -0.15) is 0 Å². The summed E-state index contributed by atoms with van der Waals surface area (Å²) in [6.07, 6.45) is 4.93. The number of Topliss-reactive ketones (excluding diaryl/α,β-unsaturated/α-hetero) is 1. The molecular weight excluding hydrogens is 254 g/mol. The number of fused-ring (bicyclic) bond motifs is 1. The van der Waals surface area contributed by atoms with Gasteiger partial charge in [0, 0.05) is 11.8 Å². The molecule has 0 aliphatic carbocycles. The second-order valence-electron chi connectivity index (χ2n) is 6.87. The third kappa shape index (κ3) is 3.27. The zero-order valence-corrected chi connectivity index (χ0v) is 12.3. The van der Waals surface area contributed by atoms with E-state index >= 15 is 0 Å². The molecule has 2 aliphatic heterocycles. The number of ketones is 1. The first-order valence-electron chi connectivity index (χ1n) is 7.80. The lowest BCUT2D eigenvalue weighted by molar-refractivity contribution is -0.137. The second-order valence-corrected chi connectivity index (χ2v) is 6.87. The number of carboxylic acids is 1. The normalized spacial score (nSPS) is 37.0. The fraction of sp³-hybridized carbons (Fsp3) is 0.857. The Kier molecular flexibility index (Phi) is 4.95. The van der Waals surface area contributed by atoms with Gasteiger partial charge in [-0.05, 0) is 13.3 Å². The van der Waals surface area contributed by atoms with Gasteiger partial charge in [0.25, 0.3) is 0 Å². The van der Waals surface area contributed by atoms with Crippen molar-refractivity contribution in [1.29, 1.82) is 0 Å². The Morgan fingerprint density at radius 2 is 2.05 bits per heavy atom. The predicted octanol–water partition coefficient (Wildman–Crippen LogP) is 1.06. The largest absolute Gasteiger partial charge is 0.481 e. The van der Waals surface area contributed by atoms with Crippen molar-refractivity contribution in [3.8, 4) is 0 Å². The van der Waals surface area contributed by atoms with E-state index in [-0.39, 0.29) is 18.8 Å². The van der Waals surface area contributed by atoms with Gasteiger partial charge in [-0.15, -0.1) is 0 Å². The second kappa shape index (κ2) is 6.33. The Labute approximate surface area is 121 Å². The summed E-state index contributed by atoms with van der Waals surface area (Å²) in [5.41, 5.74) is 0.0143. The SMILES string of the molecule is CC(=O)C1(CO)CBC2BC(CC(=O)O)CCC2CC1. The number of aliphatic hydroxyl groups is 1. The summed E-state index contributed by atoms with van der Waals surface area (Å²) in [4.78, 5) is 22.7. The van der Waals surface area contributed by atoms with Crippen LogP contribution in [0.4, 0.5) is 0 Å². The minimum Gasteiger partial charge on any atom is -0.481 e. The summed E-state index contributed by atoms with van der Waals surface area (Å²) in [6, 6.07) is 0. The van der Waals surface area contributed by atoms with Crippen LogP contribution >= 0.6 is 0 Å². The number of carboxylic acid groups (broad SMARTS) is 1. The van der Waals surface area contributed by atoms with Crippen LogP contribution in [0.1, 0.15) is 39.0 Å². The molecule has 110 valence electrons. The molecule has 0 aromatic heterocycles. The van der Waals surface area contributed by atoms with Crippen LogP contribution in [-0.2, 0) is 9.59 Å². The van der Waals surface area contributed by atoms with Crippen molar-refractivity contribution in [1.82, 2.24) is 0 Å². The Bertz CT molecular complexity index is 387. The molecular formula is C14H24B2O4. The fourth-order valence-electron chi connectivity index (χ4n) is 4.26. The molecule has 2 rings (SSSR count). The number of carbonyl (C=O) groups is 2. The molecule has 2 N–H and O–H groups in total. The molecule has 0 aromatic rings. The highest BCUT2D eigenvalue weighted by molar-refractivity contribution is 6.60. The van der Waals surface area contributed by atoms with Gasteiger partial charge in [0.2, 0.25) is 0 Å². The molecule has 20 heavy (non-hydrogen) atoms. The first-order chi connectivity index (χ1) is 9.47. The summed E-state index contributed by atoms with van der Waals surface area (Å²) >= 11 is 0. The quantitative estimate of drug-likeness (QED) is 0.754. The summed E-state index contributed by atoms with van der Waals surface area (Å²) in [7, 11) is 1.94. The highest BCUT2D eigenvalue weighted by atomic mass is 16.4. The maximum absolute atomic E-state index is 11.9. The van der Waals surface area contributed by atoms with E-state index in [0.717, 1.165) is 46.6 Å². The molecule has 6 heteroatoms. The van der Waals surface area contributed by atoms with Crippen LogP contribution in [0.3, 0.4) is 0 Å². The summed E-state index contributed by atoms with van der Waals surface area (Å²) in [5, 5.41) is 18.6. The fourth-order valence-corrected chi connectivity index (χ4v) is 4.26. The standard InChI is InChI=1S/C14H24B2O4/c1-9(18)14(8-17)5-4-10-2-3-11(6-12(19)20)16-13(10)15-7-14/h10-11,13,15-17H,2-8H2,1H3,(H,19,20). The van der Waals surface area contributed by atoms with Gasteiger partial charge in [0.05, 0.1) is 6.61 Å². The van der Waals surface area contributed by atoms with Crippen LogP contribution in [0.25, 0.3) is 0 Å². The third-order valence-electron chi connectivity index (χ3n) is 5.75. The number of rotatable bonds is 4. The van der Waals surface area contributed by atoms with Crippen LogP contribution in [-0.4, -0.2) is 43.1 Å². The molecule has 4 nitrogen and oxygen atoms in total. The van der Waals surface area contributed by atoms with E-state index < -0.39 is 11.4 Å². The number of aliphatic carboxylic acids is 1. The van der Waals surface area contributed by atoms with Crippen molar-refractivity contribution >= 4 is 26.3 Å². The number of hydrogen-bond acceptors (Lipinski definition) is 3. The summed E-state index contributed by atoms with van der Waals surface area (Å²) in [6.45, 7) is 1.55. The third-order valence-corrected chi connectivity index (χ3v) is 5.75. The Balaban J connectivity index is 2.01. The lowest BCUT2D eigenvalue weighted by Crippen LogP contribution is -2.34. The Morgan fingerprint density at radius 3 is 2.65 bits per heavy atom. The summed E-state index contributed by atoms with van der Waals surface area (Å²) in [5.74, 6) is 0.330. The van der Waals surface area contributed by atoms with Crippen molar-refractivity contribution in [2.24, 2.45) is 11.3 Å². The van der Waals surface area contributed by atoms with Gasteiger partial charge in [-0.1, -0.05) is 43.0 Å². The zero-order chi connectivity index (χ0) is 14.8. The molecule has 0 spiro atoms. The van der Waals surface area contributed by atoms with Crippen LogP contribution in [0, 0.1) is 11.3 Å². The minimum absolute atomic E-state index is 0.0413. The van der Waals surface area contributed by atoms with Crippen molar-refractivity contribution in [2.45, 2.75) is 56.9 Å². The molecule has 0 aromatic carbocycles. The maximum Gasteiger partial charge on any atom is 0.302 e. The monoisotopic (exact) mass is 278 g/mol. The first kappa shape index (κ1) is 15.6. The summed E-state index contributed by atoms with van der Waals surface area (Å²) < 4.78 is 0. The lowest BCUT2D eigenvalue weighted by Gasteiger charge is -2.33. The highest BCUT2D eigenvalue weighted by Gasteiger charge is 2.42. The first-order valence-corrected chi connectivity index (χ1v) is 7.80. The highest BCUT2D eigenvalue weighted by Crippen LogP contribution is 2.45. The zero-order valence-electron chi connectivity index (χ0n) is 12.3. The van der Waals surface area contributed by atoms with Crippen LogP contribution in [0.5, 0.6) is 0 Å². The average molecular weight is 278 g/mol.